The Morgan fingerprint density at radius 3 is 1.70 bits per heavy atom. The number of likely N-dealkylation sites (N-methyl/N-ethyl adjacent to an activating group) is 2. The highest BCUT2D eigenvalue weighted by Crippen LogP contribution is 2.48. The number of imide groups is 4. The van der Waals surface area contributed by atoms with Crippen LogP contribution in [0.15, 0.2) is 103 Å². The number of nitrogens with one attached hydrogen (secondary N) is 3. The summed E-state index contributed by atoms with van der Waals surface area (Å²) in [6.07, 6.45) is 3.71. The molecule has 1 aliphatic carbocycles. The molecule has 3 fully saturated rings. The maximum absolute atomic E-state index is 15.4. The number of piperidine rings is 2. The third kappa shape index (κ3) is 15.3. The molecule has 0 bridgehead atoms. The first-order chi connectivity index (χ1) is 46.7. The largest absolute Gasteiger partial charge is 0.493 e. The van der Waals surface area contributed by atoms with Crippen LogP contribution >= 0.6 is 0 Å². The third-order valence-electron chi connectivity index (χ3n) is 16.6. The molecule has 5 heterocycles. The molecule has 27 nitrogen and oxygen atoms in total. The van der Waals surface area contributed by atoms with Gasteiger partial charge < -0.3 is 54.8 Å². The van der Waals surface area contributed by atoms with Gasteiger partial charge >= 0.3 is 0 Å². The molecule has 97 heavy (non-hydrogen) atoms. The van der Waals surface area contributed by atoms with Gasteiger partial charge in [0, 0.05) is 101 Å². The number of anilines is 2. The van der Waals surface area contributed by atoms with Crippen LogP contribution in [0, 0.1) is 17.0 Å². The summed E-state index contributed by atoms with van der Waals surface area (Å²) in [5.74, 6) is -5.49. The number of rotatable bonds is 28. The predicted molar refractivity (Wildman–Crippen MR) is 340 cm³/mol. The number of fused-ring (bicyclic) bond motifs is 3. The fourth-order valence-corrected chi connectivity index (χ4v) is 11.2. The van der Waals surface area contributed by atoms with Crippen LogP contribution in [0.2, 0.25) is 0 Å². The number of carbonyl (C=O) groups excluding carboxylic acids is 11. The van der Waals surface area contributed by atoms with Crippen LogP contribution in [0.1, 0.15) is 99.2 Å². The maximum atomic E-state index is 15.4. The molecule has 29 heteroatoms. The fraction of sp³-hybridized carbons (Fsp3) is 0.353. The van der Waals surface area contributed by atoms with Crippen LogP contribution in [-0.2, 0) is 43.0 Å². The SMILES string of the molecule is CN1C(=O)CCC(N2C(=O)c3cccc(OCCN)c3C2=O)C1=O.COc1cc2c(Oc3ccc(NC(=O)C4(C(=O)Nc5ccc(F)cc5)CC4)cc3F)ccnc2cc1OCCCOCCCOCCC(=O)NCCOc1cccc2c1C(=O)N(C1CCC(=O)N(C)C1=O)C2=O. The van der Waals surface area contributed by atoms with Crippen molar-refractivity contribution in [2.75, 3.05) is 91.2 Å². The van der Waals surface area contributed by atoms with Gasteiger partial charge in [0.2, 0.25) is 29.5 Å². The highest BCUT2D eigenvalue weighted by Gasteiger charge is 2.57. The van der Waals surface area contributed by atoms with Crippen LogP contribution in [0.3, 0.4) is 0 Å². The van der Waals surface area contributed by atoms with E-state index in [1.54, 1.807) is 36.4 Å². The summed E-state index contributed by atoms with van der Waals surface area (Å²) in [5, 5.41) is 8.51. The molecule has 0 radical (unpaired) electrons. The van der Waals surface area contributed by atoms with Crippen molar-refractivity contribution >= 4 is 87.3 Å². The lowest BCUT2D eigenvalue weighted by Gasteiger charge is -2.32. The Balaban J connectivity index is 0.000000356. The number of carbonyl (C=O) groups is 11. The molecule has 0 spiro atoms. The highest BCUT2D eigenvalue weighted by atomic mass is 19.1. The fourth-order valence-electron chi connectivity index (χ4n) is 11.2. The summed E-state index contributed by atoms with van der Waals surface area (Å²) in [5.41, 5.74) is 5.54. The zero-order valence-corrected chi connectivity index (χ0v) is 53.1. The van der Waals surface area contributed by atoms with E-state index in [2.05, 4.69) is 20.9 Å². The summed E-state index contributed by atoms with van der Waals surface area (Å²) in [6.45, 7) is 2.32. The van der Waals surface area contributed by atoms with Gasteiger partial charge in [-0.25, -0.2) is 8.78 Å². The van der Waals surface area contributed by atoms with Crippen molar-refractivity contribution < 1.29 is 94.7 Å². The van der Waals surface area contributed by atoms with Gasteiger partial charge in [-0.3, -0.25) is 77.3 Å². The predicted octanol–water partition coefficient (Wildman–Crippen LogP) is 5.96. The molecule has 1 aromatic heterocycles. The third-order valence-corrected chi connectivity index (χ3v) is 16.6. The van der Waals surface area contributed by atoms with Gasteiger partial charge in [0.15, 0.2) is 23.1 Å². The minimum absolute atomic E-state index is 0.0131. The van der Waals surface area contributed by atoms with E-state index in [-0.39, 0.29) is 134 Å². The van der Waals surface area contributed by atoms with Crippen molar-refractivity contribution in [2.45, 2.75) is 69.9 Å². The molecule has 508 valence electrons. The van der Waals surface area contributed by atoms with Gasteiger partial charge in [0.1, 0.15) is 53.8 Å². The summed E-state index contributed by atoms with van der Waals surface area (Å²) in [4.78, 5) is 147. The number of halogens is 2. The van der Waals surface area contributed by atoms with Crippen LogP contribution in [0.4, 0.5) is 20.2 Å². The first kappa shape index (κ1) is 69.1. The average Bonchev–Trinajstić information content (AvgIpc) is 1.58. The Morgan fingerprint density at radius 2 is 1.13 bits per heavy atom. The van der Waals surface area contributed by atoms with Crippen LogP contribution in [0.25, 0.3) is 10.9 Å². The number of methoxy groups -OCH3 is 1. The number of pyridine rings is 1. The molecule has 6 aromatic rings. The van der Waals surface area contributed by atoms with Gasteiger partial charge in [-0.1, -0.05) is 12.1 Å². The lowest BCUT2D eigenvalue weighted by atomic mass is 10.0. The molecule has 5 aliphatic rings. The number of likely N-dealkylation sites (tertiary alicyclic amines) is 2. The van der Waals surface area contributed by atoms with E-state index >= 15 is 4.39 Å². The Bertz CT molecular complexity index is 4090. The highest BCUT2D eigenvalue weighted by molar-refractivity contribution is 6.25. The lowest BCUT2D eigenvalue weighted by Crippen LogP contribution is -2.54. The van der Waals surface area contributed by atoms with Gasteiger partial charge in [0.25, 0.3) is 35.4 Å². The number of nitrogens with zero attached hydrogens (tertiary/aromatic N) is 5. The second-order valence-electron chi connectivity index (χ2n) is 22.9. The molecule has 2 saturated heterocycles. The summed E-state index contributed by atoms with van der Waals surface area (Å²) < 4.78 is 68.8. The number of nitrogens with two attached hydrogens (primary N) is 1. The quantitative estimate of drug-likeness (QED) is 0.0250. The van der Waals surface area contributed by atoms with Crippen molar-refractivity contribution in [1.82, 2.24) is 29.9 Å². The van der Waals surface area contributed by atoms with Crippen molar-refractivity contribution in [3.8, 4) is 34.5 Å². The van der Waals surface area contributed by atoms with E-state index in [9.17, 15) is 57.1 Å². The van der Waals surface area contributed by atoms with E-state index in [0.717, 1.165) is 25.7 Å². The molecule has 5 N–H and O–H groups in total. The van der Waals surface area contributed by atoms with Crippen molar-refractivity contribution in [2.24, 2.45) is 11.1 Å². The van der Waals surface area contributed by atoms with Crippen molar-refractivity contribution in [3.05, 3.63) is 137 Å². The molecular formula is C68H69F2N9O18. The molecule has 11 rings (SSSR count). The smallest absolute Gasteiger partial charge is 0.266 e. The Hall–Kier alpha value is -10.8. The average molecular weight is 1340 g/mol. The first-order valence-corrected chi connectivity index (χ1v) is 31.2. The minimum Gasteiger partial charge on any atom is -0.493 e. The zero-order valence-electron chi connectivity index (χ0n) is 53.1. The standard InChI is InChI=1S/C52H52F2N6O13.C16H17N3O5/c1-59-45(62)15-13-38(48(59)64)60-47(63)34-6-3-7-41(46(34)49(60)65)72-27-21-56-44(61)17-26-70-23-4-22-69-24-5-25-71-43-30-37-35(29-42(43)68-2)39(16-20-55-37)73-40-14-12-33(28-36(40)54)58-51(67)52(18-19-52)50(66)57-32-10-8-31(53)9-11-32;1-18-12(20)6-5-10(15(18)22)19-14(21)9-3-2-4-11(24-8-7-17)13(9)16(19)23/h3,6-12,14,16,20,28-30,38H,4-5,13,15,17-19,21-27H2,1-2H3,(H,56,61)(H,57,66)(H,58,67);2-4,10H,5-8,17H2,1H3. The van der Waals surface area contributed by atoms with Crippen molar-refractivity contribution in [1.29, 1.82) is 0 Å². The number of amides is 11. The number of ether oxygens (including phenoxy) is 7. The molecular weight excluding hydrogens is 1270 g/mol. The van der Waals surface area contributed by atoms with Crippen LogP contribution in [0.5, 0.6) is 34.5 Å². The maximum Gasteiger partial charge on any atom is 0.266 e. The second kappa shape index (κ2) is 30.7. The van der Waals surface area contributed by atoms with E-state index in [4.69, 9.17) is 38.9 Å². The zero-order chi connectivity index (χ0) is 69.1. The van der Waals surface area contributed by atoms with Gasteiger partial charge in [-0.05, 0) is 105 Å². The number of hydrogen-bond donors (Lipinski definition) is 4. The number of benzene rings is 5. The number of hydrogen-bond acceptors (Lipinski definition) is 20. The van der Waals surface area contributed by atoms with Gasteiger partial charge in [0.05, 0.1) is 54.6 Å². The van der Waals surface area contributed by atoms with Crippen LogP contribution in [-0.4, -0.2) is 182 Å². The summed E-state index contributed by atoms with van der Waals surface area (Å²) in [6, 6.07) is 21.3. The Labute approximate surface area is 553 Å². The second-order valence-corrected chi connectivity index (χ2v) is 22.9. The monoisotopic (exact) mass is 1340 g/mol. The Kier molecular flexibility index (Phi) is 21.9. The van der Waals surface area contributed by atoms with Crippen LogP contribution < -0.4 is 45.4 Å². The molecule has 11 amide bonds. The molecule has 2 atom stereocenters. The summed E-state index contributed by atoms with van der Waals surface area (Å²) in [7, 11) is 4.16. The van der Waals surface area contributed by atoms with E-state index in [1.807, 2.05) is 0 Å². The molecule has 4 aliphatic heterocycles. The van der Waals surface area contributed by atoms with Gasteiger partial charge in [-0.2, -0.15) is 0 Å². The van der Waals surface area contributed by atoms with E-state index in [1.165, 1.54) is 82.0 Å². The molecule has 5 aromatic carbocycles. The first-order valence-electron chi connectivity index (χ1n) is 31.2. The van der Waals surface area contributed by atoms with Crippen molar-refractivity contribution in [3.63, 3.8) is 0 Å². The summed E-state index contributed by atoms with van der Waals surface area (Å²) >= 11 is 0. The van der Waals surface area contributed by atoms with E-state index in [0.29, 0.717) is 80.2 Å². The molecule has 2 unspecified atom stereocenters. The molecule has 1 saturated carbocycles. The minimum atomic E-state index is -1.32. The van der Waals surface area contributed by atoms with E-state index < -0.39 is 76.4 Å². The number of aromatic nitrogens is 1. The Morgan fingerprint density at radius 1 is 0.588 bits per heavy atom. The topological polar surface area (TPSA) is 340 Å². The van der Waals surface area contributed by atoms with Gasteiger partial charge in [-0.15, -0.1) is 0 Å². The normalized spacial score (nSPS) is 17.0. The lowest BCUT2D eigenvalue weighted by molar-refractivity contribution is -0.151.